The number of nitrogens with zero attached hydrogens (tertiary/aromatic N) is 1. The third-order valence-corrected chi connectivity index (χ3v) is 3.57. The van der Waals surface area contributed by atoms with Crippen LogP contribution in [-0.4, -0.2) is 12.5 Å². The second-order valence-electron chi connectivity index (χ2n) is 4.45. The Labute approximate surface area is 112 Å². The molecule has 1 amide bonds. The number of nitriles is 1. The van der Waals surface area contributed by atoms with Crippen molar-refractivity contribution in [3.05, 3.63) is 29.6 Å². The predicted molar refractivity (Wildman–Crippen MR) is 71.8 cm³/mol. The largest absolute Gasteiger partial charge is 0.329 e. The van der Waals surface area contributed by atoms with Crippen molar-refractivity contribution in [1.82, 2.24) is 0 Å². The van der Waals surface area contributed by atoms with Crippen LogP contribution in [-0.2, 0) is 4.79 Å². The molecule has 1 rings (SSSR count). The minimum atomic E-state index is -0.680. The van der Waals surface area contributed by atoms with Gasteiger partial charge in [-0.1, -0.05) is 13.8 Å². The number of nitrogens with two attached hydrogens (primary N) is 1. The molecule has 0 spiro atoms. The van der Waals surface area contributed by atoms with Gasteiger partial charge < -0.3 is 11.1 Å². The normalized spacial score (nSPS) is 10.9. The van der Waals surface area contributed by atoms with E-state index in [1.165, 1.54) is 12.1 Å². The topological polar surface area (TPSA) is 78.9 Å². The van der Waals surface area contributed by atoms with Crippen molar-refractivity contribution < 1.29 is 9.18 Å². The van der Waals surface area contributed by atoms with Crippen LogP contribution in [0.2, 0.25) is 0 Å². The smallest absolute Gasteiger partial charge is 0.231 e. The molecule has 0 fully saturated rings. The fourth-order valence-electron chi connectivity index (χ4n) is 1.89. The summed E-state index contributed by atoms with van der Waals surface area (Å²) in [5.74, 6) is -0.908. The summed E-state index contributed by atoms with van der Waals surface area (Å²) in [4.78, 5) is 12.2. The first-order chi connectivity index (χ1) is 9.02. The minimum absolute atomic E-state index is 0.0729. The molecule has 0 aliphatic rings. The summed E-state index contributed by atoms with van der Waals surface area (Å²) in [6.45, 7) is 3.97. The van der Waals surface area contributed by atoms with E-state index >= 15 is 0 Å². The lowest BCUT2D eigenvalue weighted by Crippen LogP contribution is -2.41. The fourth-order valence-corrected chi connectivity index (χ4v) is 1.89. The fraction of sp³-hybridized carbons (Fsp3) is 0.429. The number of rotatable bonds is 5. The summed E-state index contributed by atoms with van der Waals surface area (Å²) >= 11 is 0. The highest BCUT2D eigenvalue weighted by atomic mass is 19.1. The van der Waals surface area contributed by atoms with Gasteiger partial charge in [-0.2, -0.15) is 5.26 Å². The third-order valence-electron chi connectivity index (χ3n) is 3.57. The van der Waals surface area contributed by atoms with Gasteiger partial charge in [0.05, 0.1) is 22.7 Å². The molecule has 0 aliphatic carbocycles. The number of nitrogens with one attached hydrogen (secondary N) is 1. The monoisotopic (exact) mass is 263 g/mol. The van der Waals surface area contributed by atoms with Gasteiger partial charge >= 0.3 is 0 Å². The Balaban J connectivity index is 2.97. The highest BCUT2D eigenvalue weighted by Gasteiger charge is 2.33. The van der Waals surface area contributed by atoms with E-state index in [0.29, 0.717) is 12.8 Å². The zero-order valence-corrected chi connectivity index (χ0v) is 11.2. The van der Waals surface area contributed by atoms with Crippen molar-refractivity contribution in [3.8, 4) is 6.07 Å². The second-order valence-corrected chi connectivity index (χ2v) is 4.45. The van der Waals surface area contributed by atoms with Gasteiger partial charge in [0, 0.05) is 6.54 Å². The Morgan fingerprint density at radius 1 is 1.47 bits per heavy atom. The Kier molecular flexibility index (Phi) is 5.02. The molecule has 0 radical (unpaired) electrons. The summed E-state index contributed by atoms with van der Waals surface area (Å²) < 4.78 is 13.7. The average Bonchev–Trinajstić information content (AvgIpc) is 2.43. The van der Waals surface area contributed by atoms with Crippen molar-refractivity contribution in [2.24, 2.45) is 11.1 Å². The van der Waals surface area contributed by atoms with Crippen LogP contribution in [0.25, 0.3) is 0 Å². The van der Waals surface area contributed by atoms with Crippen LogP contribution in [0, 0.1) is 22.6 Å². The minimum Gasteiger partial charge on any atom is -0.329 e. The number of carbonyl (C=O) groups excluding carboxylic acids is 1. The molecule has 0 heterocycles. The molecule has 0 unspecified atom stereocenters. The van der Waals surface area contributed by atoms with E-state index in [9.17, 15) is 9.18 Å². The lowest BCUT2D eigenvalue weighted by atomic mass is 9.81. The van der Waals surface area contributed by atoms with Gasteiger partial charge in [0.2, 0.25) is 5.91 Å². The highest BCUT2D eigenvalue weighted by molar-refractivity contribution is 5.95. The van der Waals surface area contributed by atoms with Crippen molar-refractivity contribution in [2.75, 3.05) is 11.9 Å². The summed E-state index contributed by atoms with van der Waals surface area (Å²) in [5, 5.41) is 11.2. The third kappa shape index (κ3) is 3.09. The quantitative estimate of drug-likeness (QED) is 0.856. The molecule has 0 aromatic heterocycles. The van der Waals surface area contributed by atoms with E-state index in [0.717, 1.165) is 6.07 Å². The van der Waals surface area contributed by atoms with E-state index in [4.69, 9.17) is 11.0 Å². The molecule has 0 saturated heterocycles. The lowest BCUT2D eigenvalue weighted by molar-refractivity contribution is -0.125. The number of hydrogen-bond donors (Lipinski definition) is 2. The Bertz CT molecular complexity index is 496. The van der Waals surface area contributed by atoms with E-state index in [1.54, 1.807) is 0 Å². The van der Waals surface area contributed by atoms with E-state index in [-0.39, 0.29) is 23.7 Å². The summed E-state index contributed by atoms with van der Waals surface area (Å²) in [7, 11) is 0. The predicted octanol–water partition coefficient (Wildman–Crippen LogP) is 2.40. The molecule has 1 aromatic rings. The lowest BCUT2D eigenvalue weighted by Gasteiger charge is -2.28. The molecule has 19 heavy (non-hydrogen) atoms. The van der Waals surface area contributed by atoms with Gasteiger partial charge in [-0.15, -0.1) is 0 Å². The first kappa shape index (κ1) is 15.1. The maximum atomic E-state index is 13.7. The van der Waals surface area contributed by atoms with Crippen molar-refractivity contribution >= 4 is 11.6 Å². The number of hydrogen-bond acceptors (Lipinski definition) is 3. The highest BCUT2D eigenvalue weighted by Crippen LogP contribution is 2.27. The Morgan fingerprint density at radius 3 is 2.53 bits per heavy atom. The van der Waals surface area contributed by atoms with Gasteiger partial charge in [-0.05, 0) is 31.0 Å². The Morgan fingerprint density at radius 2 is 2.11 bits per heavy atom. The van der Waals surface area contributed by atoms with Gasteiger partial charge in [0.25, 0.3) is 0 Å². The summed E-state index contributed by atoms with van der Waals surface area (Å²) in [6, 6.07) is 5.78. The van der Waals surface area contributed by atoms with E-state index < -0.39 is 11.2 Å². The van der Waals surface area contributed by atoms with Crippen molar-refractivity contribution in [1.29, 1.82) is 5.26 Å². The standard InChI is InChI=1S/C14H18FN3O/c1-3-14(4-2,9-17)13(19)18-12-6-5-10(8-16)7-11(12)15/h5-7H,3-4,9,17H2,1-2H3,(H,18,19). The molecule has 3 N–H and O–H groups in total. The van der Waals surface area contributed by atoms with Gasteiger partial charge in [-0.25, -0.2) is 4.39 Å². The number of anilines is 1. The molecule has 0 bridgehead atoms. The number of amides is 1. The molecular formula is C14H18FN3O. The van der Waals surface area contributed by atoms with Crippen LogP contribution in [0.3, 0.4) is 0 Å². The van der Waals surface area contributed by atoms with Crippen molar-refractivity contribution in [3.63, 3.8) is 0 Å². The van der Waals surface area contributed by atoms with E-state index in [1.807, 2.05) is 19.9 Å². The molecule has 0 saturated carbocycles. The van der Waals surface area contributed by atoms with Crippen LogP contribution >= 0.6 is 0 Å². The first-order valence-electron chi connectivity index (χ1n) is 6.24. The molecule has 0 atom stereocenters. The number of benzene rings is 1. The number of halogens is 1. The van der Waals surface area contributed by atoms with E-state index in [2.05, 4.69) is 5.32 Å². The first-order valence-corrected chi connectivity index (χ1v) is 6.24. The molecule has 102 valence electrons. The Hall–Kier alpha value is -1.93. The van der Waals surface area contributed by atoms with Crippen LogP contribution < -0.4 is 11.1 Å². The summed E-state index contributed by atoms with van der Waals surface area (Å²) in [5.41, 5.74) is 5.28. The van der Waals surface area contributed by atoms with Gasteiger partial charge in [-0.3, -0.25) is 4.79 Å². The molecular weight excluding hydrogens is 245 g/mol. The molecule has 5 heteroatoms. The SMILES string of the molecule is CCC(CC)(CN)C(=O)Nc1ccc(C#N)cc1F. The van der Waals surface area contributed by atoms with Gasteiger partial charge in [0.15, 0.2) is 0 Å². The summed E-state index contributed by atoms with van der Waals surface area (Å²) in [6.07, 6.45) is 1.17. The zero-order valence-electron chi connectivity index (χ0n) is 11.2. The van der Waals surface area contributed by atoms with Gasteiger partial charge in [0.1, 0.15) is 5.82 Å². The maximum absolute atomic E-state index is 13.7. The van der Waals surface area contributed by atoms with Crippen LogP contribution in [0.4, 0.5) is 10.1 Å². The number of carbonyl (C=O) groups is 1. The van der Waals surface area contributed by atoms with Crippen LogP contribution in [0.15, 0.2) is 18.2 Å². The van der Waals surface area contributed by atoms with Crippen LogP contribution in [0.1, 0.15) is 32.3 Å². The maximum Gasteiger partial charge on any atom is 0.231 e. The molecule has 1 aromatic carbocycles. The molecule has 4 nitrogen and oxygen atoms in total. The van der Waals surface area contributed by atoms with Crippen LogP contribution in [0.5, 0.6) is 0 Å². The second kappa shape index (κ2) is 6.30. The zero-order chi connectivity index (χ0) is 14.5. The van der Waals surface area contributed by atoms with Crippen molar-refractivity contribution in [2.45, 2.75) is 26.7 Å². The molecule has 0 aliphatic heterocycles. The average molecular weight is 263 g/mol.